The van der Waals surface area contributed by atoms with Crippen LogP contribution >= 0.6 is 0 Å². The van der Waals surface area contributed by atoms with Crippen molar-refractivity contribution in [1.82, 2.24) is 0 Å². The maximum absolute atomic E-state index is 11.7. The van der Waals surface area contributed by atoms with E-state index in [2.05, 4.69) is 19.1 Å². The molecule has 144 valence electrons. The number of fused-ring (bicyclic) bond motifs is 3. The summed E-state index contributed by atoms with van der Waals surface area (Å²) in [5, 5.41) is 23.2. The van der Waals surface area contributed by atoms with Crippen LogP contribution in [0.2, 0.25) is 0 Å². The van der Waals surface area contributed by atoms with Gasteiger partial charge in [0, 0.05) is 5.41 Å². The van der Waals surface area contributed by atoms with Crippen LogP contribution in [0.1, 0.15) is 56.2 Å². The number of hydrogen-bond acceptors (Lipinski definition) is 3. The molecule has 0 aromatic heterocycles. The normalized spacial score (nSPS) is 35.2. The van der Waals surface area contributed by atoms with Gasteiger partial charge in [-0.1, -0.05) is 43.3 Å². The van der Waals surface area contributed by atoms with Gasteiger partial charge in [-0.2, -0.15) is 0 Å². The third-order valence-corrected chi connectivity index (χ3v) is 7.37. The number of methoxy groups -OCH3 is 1. The van der Waals surface area contributed by atoms with Crippen LogP contribution in [0.15, 0.2) is 48.5 Å². The number of ether oxygens (including phenoxy) is 1. The van der Waals surface area contributed by atoms with Crippen molar-refractivity contribution in [2.24, 2.45) is 5.92 Å². The molecule has 4 atom stereocenters. The predicted octanol–water partition coefficient (Wildman–Crippen LogP) is 4.34. The molecule has 4 rings (SSSR count). The molecule has 1 unspecified atom stereocenters. The molecule has 1 fully saturated rings. The number of hydrogen-bond donors (Lipinski definition) is 2. The molecule has 0 saturated heterocycles. The lowest BCUT2D eigenvalue weighted by Crippen LogP contribution is -2.62. The first-order valence-electron chi connectivity index (χ1n) is 10.0. The summed E-state index contributed by atoms with van der Waals surface area (Å²) in [5.74, 6) is 1.23. The fourth-order valence-corrected chi connectivity index (χ4v) is 5.84. The lowest BCUT2D eigenvalue weighted by molar-refractivity contribution is -0.205. The zero-order chi connectivity index (χ0) is 19.3. The van der Waals surface area contributed by atoms with Gasteiger partial charge in [0.25, 0.3) is 0 Å². The molecule has 2 aliphatic carbocycles. The number of rotatable bonds is 3. The molecule has 0 heterocycles. The topological polar surface area (TPSA) is 49.7 Å². The van der Waals surface area contributed by atoms with Crippen LogP contribution < -0.4 is 4.74 Å². The van der Waals surface area contributed by atoms with Crippen molar-refractivity contribution >= 4 is 0 Å². The molecule has 0 radical (unpaired) electrons. The summed E-state index contributed by atoms with van der Waals surface area (Å²) in [7, 11) is 1.70. The van der Waals surface area contributed by atoms with Gasteiger partial charge in [0.15, 0.2) is 0 Å². The zero-order valence-electron chi connectivity index (χ0n) is 16.5. The molecular formula is C24H30O3. The Morgan fingerprint density at radius 1 is 1.11 bits per heavy atom. The SMILES string of the molecule is CC[C@@]12C[C@@](C)(O)[C@](O)(c3ccccc3)CC1CCc1cc(OC)ccc12. The van der Waals surface area contributed by atoms with Gasteiger partial charge in [-0.05, 0) is 73.8 Å². The summed E-state index contributed by atoms with van der Waals surface area (Å²) < 4.78 is 5.43. The Balaban J connectivity index is 1.81. The fraction of sp³-hybridized carbons (Fsp3) is 0.500. The Bertz CT molecular complexity index is 829. The van der Waals surface area contributed by atoms with Crippen LogP contribution in [0.4, 0.5) is 0 Å². The van der Waals surface area contributed by atoms with Crippen LogP contribution in [0.25, 0.3) is 0 Å². The van der Waals surface area contributed by atoms with Crippen molar-refractivity contribution in [2.75, 3.05) is 7.11 Å². The highest BCUT2D eigenvalue weighted by Crippen LogP contribution is 2.60. The van der Waals surface area contributed by atoms with Gasteiger partial charge >= 0.3 is 0 Å². The maximum Gasteiger partial charge on any atom is 0.119 e. The first-order chi connectivity index (χ1) is 12.9. The van der Waals surface area contributed by atoms with Crippen LogP contribution in [-0.4, -0.2) is 22.9 Å². The Morgan fingerprint density at radius 2 is 1.85 bits per heavy atom. The van der Waals surface area contributed by atoms with Crippen molar-refractivity contribution in [2.45, 2.75) is 62.6 Å². The van der Waals surface area contributed by atoms with Gasteiger partial charge in [0.2, 0.25) is 0 Å². The summed E-state index contributed by atoms with van der Waals surface area (Å²) in [6, 6.07) is 16.1. The van der Waals surface area contributed by atoms with Crippen LogP contribution in [0, 0.1) is 5.92 Å². The summed E-state index contributed by atoms with van der Waals surface area (Å²) in [5.41, 5.74) is 0.951. The van der Waals surface area contributed by atoms with E-state index in [9.17, 15) is 10.2 Å². The van der Waals surface area contributed by atoms with E-state index in [0.29, 0.717) is 18.8 Å². The van der Waals surface area contributed by atoms with Crippen molar-refractivity contribution in [1.29, 1.82) is 0 Å². The summed E-state index contributed by atoms with van der Waals surface area (Å²) >= 11 is 0. The minimum atomic E-state index is -1.22. The van der Waals surface area contributed by atoms with Crippen LogP contribution in [-0.2, 0) is 17.4 Å². The van der Waals surface area contributed by atoms with Crippen molar-refractivity contribution < 1.29 is 14.9 Å². The molecule has 0 spiro atoms. The van der Waals surface area contributed by atoms with Crippen molar-refractivity contribution in [3.05, 3.63) is 65.2 Å². The predicted molar refractivity (Wildman–Crippen MR) is 107 cm³/mol. The summed E-state index contributed by atoms with van der Waals surface area (Å²) in [6.07, 6.45) is 4.12. The average molecular weight is 367 g/mol. The second-order valence-electron chi connectivity index (χ2n) is 8.65. The van der Waals surface area contributed by atoms with E-state index >= 15 is 0 Å². The first kappa shape index (κ1) is 18.5. The largest absolute Gasteiger partial charge is 0.497 e. The van der Waals surface area contributed by atoms with Gasteiger partial charge in [0.1, 0.15) is 11.4 Å². The number of aliphatic hydroxyl groups is 2. The first-order valence-corrected chi connectivity index (χ1v) is 10.0. The molecule has 0 aliphatic heterocycles. The summed E-state index contributed by atoms with van der Waals surface area (Å²) in [6.45, 7) is 4.03. The molecule has 2 aliphatic rings. The van der Waals surface area contributed by atoms with E-state index in [1.54, 1.807) is 7.11 Å². The van der Waals surface area contributed by atoms with E-state index in [1.807, 2.05) is 43.3 Å². The van der Waals surface area contributed by atoms with Gasteiger partial charge in [0.05, 0.1) is 12.7 Å². The number of aryl methyl sites for hydroxylation is 1. The Kier molecular flexibility index (Phi) is 4.36. The van der Waals surface area contributed by atoms with Gasteiger partial charge in [-0.15, -0.1) is 0 Å². The van der Waals surface area contributed by atoms with Crippen molar-refractivity contribution in [3.8, 4) is 5.75 Å². The highest BCUT2D eigenvalue weighted by atomic mass is 16.5. The Labute approximate surface area is 162 Å². The molecule has 3 heteroatoms. The molecule has 1 saturated carbocycles. The molecule has 0 bridgehead atoms. The third-order valence-electron chi connectivity index (χ3n) is 7.37. The van der Waals surface area contributed by atoms with E-state index in [4.69, 9.17) is 4.74 Å². The molecular weight excluding hydrogens is 336 g/mol. The Hall–Kier alpha value is -1.84. The quantitative estimate of drug-likeness (QED) is 0.850. The average Bonchev–Trinajstić information content (AvgIpc) is 2.69. The molecule has 2 aromatic carbocycles. The van der Waals surface area contributed by atoms with Crippen molar-refractivity contribution in [3.63, 3.8) is 0 Å². The van der Waals surface area contributed by atoms with E-state index in [1.165, 1.54) is 11.1 Å². The standard InChI is InChI=1S/C24H30O3/c1-4-23-16-22(2,25)24(26,18-8-6-5-7-9-18)15-19(23)11-10-17-14-20(27-3)12-13-21(17)23/h5-9,12-14,19,25-26H,4,10-11,15-16H2,1-3H3/t19?,22-,23-,24-/m1/s1. The lowest BCUT2D eigenvalue weighted by atomic mass is 9.49. The third kappa shape index (κ3) is 2.63. The second kappa shape index (κ2) is 6.35. The highest BCUT2D eigenvalue weighted by molar-refractivity contribution is 5.45. The molecule has 0 amide bonds. The van der Waals surface area contributed by atoms with E-state index < -0.39 is 11.2 Å². The fourth-order valence-electron chi connectivity index (χ4n) is 5.84. The number of benzene rings is 2. The highest BCUT2D eigenvalue weighted by Gasteiger charge is 2.60. The van der Waals surface area contributed by atoms with E-state index in [0.717, 1.165) is 30.6 Å². The zero-order valence-corrected chi connectivity index (χ0v) is 16.5. The van der Waals surface area contributed by atoms with Gasteiger partial charge in [-0.25, -0.2) is 0 Å². The maximum atomic E-state index is 11.7. The monoisotopic (exact) mass is 366 g/mol. The van der Waals surface area contributed by atoms with Gasteiger partial charge in [-0.3, -0.25) is 0 Å². The van der Waals surface area contributed by atoms with E-state index in [-0.39, 0.29) is 5.41 Å². The molecule has 2 N–H and O–H groups in total. The minimum absolute atomic E-state index is 0.107. The smallest absolute Gasteiger partial charge is 0.119 e. The van der Waals surface area contributed by atoms with Crippen LogP contribution in [0.5, 0.6) is 5.75 Å². The molecule has 2 aromatic rings. The molecule has 3 nitrogen and oxygen atoms in total. The lowest BCUT2D eigenvalue weighted by Gasteiger charge is -2.59. The second-order valence-corrected chi connectivity index (χ2v) is 8.65. The molecule has 27 heavy (non-hydrogen) atoms. The van der Waals surface area contributed by atoms with Gasteiger partial charge < -0.3 is 14.9 Å². The summed E-state index contributed by atoms with van der Waals surface area (Å²) in [4.78, 5) is 0. The Morgan fingerprint density at radius 3 is 2.52 bits per heavy atom. The minimum Gasteiger partial charge on any atom is -0.497 e. The van der Waals surface area contributed by atoms with Crippen LogP contribution in [0.3, 0.4) is 0 Å².